The van der Waals surface area contributed by atoms with Crippen LogP contribution in [0.4, 0.5) is 5.69 Å². The first kappa shape index (κ1) is 24.2. The Bertz CT molecular complexity index is 1330. The molecule has 7 nitrogen and oxygen atoms in total. The molecule has 0 aliphatic carbocycles. The summed E-state index contributed by atoms with van der Waals surface area (Å²) in [6.07, 6.45) is 0. The number of rotatable bonds is 9. The van der Waals surface area contributed by atoms with Crippen molar-refractivity contribution in [1.82, 2.24) is 15.2 Å². The van der Waals surface area contributed by atoms with Gasteiger partial charge >= 0.3 is 0 Å². The number of nitrogens with one attached hydrogen (secondary N) is 2. The maximum absolute atomic E-state index is 12.5. The monoisotopic (exact) mass is 470 g/mol. The normalized spacial score (nSPS) is 11.8. The predicted octanol–water partition coefficient (Wildman–Crippen LogP) is 4.00. The Morgan fingerprint density at radius 2 is 1.74 bits per heavy atom. The number of aliphatic hydroxyl groups is 1. The average molecular weight is 471 g/mol. The Kier molecular flexibility index (Phi) is 7.60. The van der Waals surface area contributed by atoms with Crippen molar-refractivity contribution in [2.45, 2.75) is 6.92 Å². The summed E-state index contributed by atoms with van der Waals surface area (Å²) in [5.41, 5.74) is 5.29. The van der Waals surface area contributed by atoms with Crippen LogP contribution in [0.5, 0.6) is 5.88 Å². The van der Waals surface area contributed by atoms with Gasteiger partial charge in [-0.1, -0.05) is 42.0 Å². The lowest BCUT2D eigenvalue weighted by Gasteiger charge is -2.15. The number of aromatic nitrogens is 1. The minimum Gasteiger partial charge on any atom is -0.494 e. The summed E-state index contributed by atoms with van der Waals surface area (Å²) in [4.78, 5) is 22.4. The maximum atomic E-state index is 12.5. The lowest BCUT2D eigenvalue weighted by atomic mass is 10.00. The molecule has 0 aliphatic rings. The molecule has 0 unspecified atom stereocenters. The van der Waals surface area contributed by atoms with Crippen molar-refractivity contribution < 1.29 is 15.0 Å². The molecule has 4 aromatic rings. The maximum Gasteiger partial charge on any atom is 0.251 e. The molecule has 0 aliphatic heterocycles. The largest absolute Gasteiger partial charge is 0.494 e. The minimum absolute atomic E-state index is 0.0652. The molecular formula is C28H30N4O3. The fraction of sp³-hybridized carbons (Fsp3) is 0.214. The van der Waals surface area contributed by atoms with Crippen LogP contribution in [0.2, 0.25) is 0 Å². The summed E-state index contributed by atoms with van der Waals surface area (Å²) in [6.45, 7) is 3.82. The molecule has 180 valence electrons. The topological polar surface area (TPSA) is 101 Å². The standard InChI is InChI=1S/C28H30N4O3/c1-19-8-13-24-23(18-19)25(28(35)31-24)26(20-6-4-3-5-7-20)30-22-11-9-21(10-12-22)27(34)29-14-15-32(2)16-17-33/h3-13,18,31,33,35H,14-17H2,1-2H3,(H,29,34). The lowest BCUT2D eigenvalue weighted by Crippen LogP contribution is -2.34. The molecule has 4 N–H and O–H groups in total. The number of aliphatic hydroxyl groups excluding tert-OH is 1. The summed E-state index contributed by atoms with van der Waals surface area (Å²) >= 11 is 0. The summed E-state index contributed by atoms with van der Waals surface area (Å²) in [6, 6.07) is 22.8. The van der Waals surface area contributed by atoms with Crippen LogP contribution in [0, 0.1) is 6.92 Å². The quantitative estimate of drug-likeness (QED) is 0.278. The smallest absolute Gasteiger partial charge is 0.251 e. The van der Waals surface area contributed by atoms with E-state index in [1.165, 1.54) is 0 Å². The second-order valence-electron chi connectivity index (χ2n) is 8.55. The number of aromatic hydroxyl groups is 1. The van der Waals surface area contributed by atoms with Gasteiger partial charge in [0.15, 0.2) is 5.88 Å². The molecule has 0 saturated heterocycles. The highest BCUT2D eigenvalue weighted by molar-refractivity contribution is 6.22. The van der Waals surface area contributed by atoms with Crippen molar-refractivity contribution in [1.29, 1.82) is 0 Å². The third kappa shape index (κ3) is 5.77. The van der Waals surface area contributed by atoms with Crippen LogP contribution in [-0.2, 0) is 0 Å². The highest BCUT2D eigenvalue weighted by atomic mass is 16.3. The molecular weight excluding hydrogens is 440 g/mol. The lowest BCUT2D eigenvalue weighted by molar-refractivity contribution is 0.0949. The van der Waals surface area contributed by atoms with Crippen LogP contribution in [0.3, 0.4) is 0 Å². The van der Waals surface area contributed by atoms with Crippen molar-refractivity contribution in [3.8, 4) is 5.88 Å². The zero-order valence-corrected chi connectivity index (χ0v) is 20.0. The van der Waals surface area contributed by atoms with E-state index in [9.17, 15) is 9.90 Å². The summed E-state index contributed by atoms with van der Waals surface area (Å²) in [5.74, 6) is -0.0960. The van der Waals surface area contributed by atoms with Crippen LogP contribution in [-0.4, -0.2) is 65.0 Å². The van der Waals surface area contributed by atoms with Gasteiger partial charge in [-0.25, -0.2) is 4.99 Å². The highest BCUT2D eigenvalue weighted by Gasteiger charge is 2.19. The number of H-pyrrole nitrogens is 1. The number of aromatic amines is 1. The Morgan fingerprint density at radius 3 is 2.46 bits per heavy atom. The van der Waals surface area contributed by atoms with Crippen LogP contribution in [0.25, 0.3) is 10.9 Å². The predicted molar refractivity (Wildman–Crippen MR) is 140 cm³/mol. The molecule has 1 aromatic heterocycles. The fourth-order valence-corrected chi connectivity index (χ4v) is 3.95. The molecule has 7 heteroatoms. The molecule has 1 heterocycles. The number of hydrogen-bond acceptors (Lipinski definition) is 5. The molecule has 0 atom stereocenters. The van der Waals surface area contributed by atoms with E-state index in [0.717, 1.165) is 22.0 Å². The molecule has 0 saturated carbocycles. The van der Waals surface area contributed by atoms with Crippen molar-refractivity contribution in [3.05, 3.63) is 95.1 Å². The molecule has 35 heavy (non-hydrogen) atoms. The van der Waals surface area contributed by atoms with E-state index >= 15 is 0 Å². The highest BCUT2D eigenvalue weighted by Crippen LogP contribution is 2.32. The van der Waals surface area contributed by atoms with Crippen molar-refractivity contribution >= 4 is 28.2 Å². The van der Waals surface area contributed by atoms with Crippen LogP contribution >= 0.6 is 0 Å². The Balaban J connectivity index is 1.63. The fourth-order valence-electron chi connectivity index (χ4n) is 3.95. The summed E-state index contributed by atoms with van der Waals surface area (Å²) < 4.78 is 0. The molecule has 0 radical (unpaired) electrons. The van der Waals surface area contributed by atoms with E-state index in [1.807, 2.05) is 67.4 Å². The van der Waals surface area contributed by atoms with Crippen molar-refractivity contribution in [2.75, 3.05) is 33.3 Å². The number of fused-ring (bicyclic) bond motifs is 1. The Labute approximate surface area is 204 Å². The van der Waals surface area contributed by atoms with Gasteiger partial charge in [0.1, 0.15) is 0 Å². The first-order chi connectivity index (χ1) is 17.0. The van der Waals surface area contributed by atoms with E-state index < -0.39 is 0 Å². The third-order valence-electron chi connectivity index (χ3n) is 5.85. The number of likely N-dealkylation sites (N-methyl/N-ethyl adjacent to an activating group) is 1. The average Bonchev–Trinajstić information content (AvgIpc) is 3.18. The van der Waals surface area contributed by atoms with E-state index in [0.29, 0.717) is 42.2 Å². The molecule has 3 aromatic carbocycles. The van der Waals surface area contributed by atoms with Gasteiger partial charge in [-0.05, 0) is 50.4 Å². The van der Waals surface area contributed by atoms with Crippen molar-refractivity contribution in [3.63, 3.8) is 0 Å². The SMILES string of the molecule is Cc1ccc2[nH]c(O)c(C(=Nc3ccc(C(=O)NCCN(C)CCO)cc3)c3ccccc3)c2c1. The van der Waals surface area contributed by atoms with Gasteiger partial charge in [0.05, 0.1) is 23.6 Å². The van der Waals surface area contributed by atoms with Gasteiger partial charge in [0.25, 0.3) is 5.91 Å². The number of hydrogen-bond donors (Lipinski definition) is 4. The van der Waals surface area contributed by atoms with Crippen LogP contribution in [0.15, 0.2) is 77.8 Å². The van der Waals surface area contributed by atoms with E-state index in [2.05, 4.69) is 10.3 Å². The molecule has 0 fully saturated rings. The number of aryl methyl sites for hydroxylation is 1. The second kappa shape index (κ2) is 11.0. The Morgan fingerprint density at radius 1 is 1.00 bits per heavy atom. The van der Waals surface area contributed by atoms with Gasteiger partial charge in [-0.15, -0.1) is 0 Å². The molecule has 0 bridgehead atoms. The number of benzene rings is 3. The van der Waals surface area contributed by atoms with Crippen LogP contribution < -0.4 is 5.32 Å². The molecule has 0 spiro atoms. The second-order valence-corrected chi connectivity index (χ2v) is 8.55. The number of carbonyl (C=O) groups is 1. The number of carbonyl (C=O) groups excluding carboxylic acids is 1. The van der Waals surface area contributed by atoms with E-state index in [-0.39, 0.29) is 18.4 Å². The summed E-state index contributed by atoms with van der Waals surface area (Å²) in [5, 5.41) is 23.6. The summed E-state index contributed by atoms with van der Waals surface area (Å²) in [7, 11) is 1.90. The van der Waals surface area contributed by atoms with Crippen LogP contribution in [0.1, 0.15) is 27.0 Å². The van der Waals surface area contributed by atoms with Gasteiger partial charge in [-0.3, -0.25) is 4.79 Å². The van der Waals surface area contributed by atoms with E-state index in [4.69, 9.17) is 10.1 Å². The number of aliphatic imine (C=N–C) groups is 1. The van der Waals surface area contributed by atoms with Gasteiger partial charge < -0.3 is 25.4 Å². The van der Waals surface area contributed by atoms with E-state index in [1.54, 1.807) is 24.3 Å². The molecule has 4 rings (SSSR count). The molecule has 1 amide bonds. The van der Waals surface area contributed by atoms with Gasteiger partial charge in [0.2, 0.25) is 0 Å². The van der Waals surface area contributed by atoms with Gasteiger partial charge in [0, 0.05) is 41.7 Å². The zero-order valence-electron chi connectivity index (χ0n) is 20.0. The first-order valence-corrected chi connectivity index (χ1v) is 11.6. The van der Waals surface area contributed by atoms with Crippen molar-refractivity contribution in [2.24, 2.45) is 4.99 Å². The number of nitrogens with zero attached hydrogens (tertiary/aromatic N) is 2. The Hall–Kier alpha value is -3.94. The first-order valence-electron chi connectivity index (χ1n) is 11.6. The third-order valence-corrected chi connectivity index (χ3v) is 5.85. The zero-order chi connectivity index (χ0) is 24.8. The van der Waals surface area contributed by atoms with Gasteiger partial charge in [-0.2, -0.15) is 0 Å². The number of amides is 1. The minimum atomic E-state index is -0.161.